The molecule has 1 amide bonds. The zero-order valence-corrected chi connectivity index (χ0v) is 23.4. The van der Waals surface area contributed by atoms with Crippen molar-refractivity contribution in [2.75, 3.05) is 24.5 Å². The highest BCUT2D eigenvalue weighted by molar-refractivity contribution is 6.35. The molecule has 1 aromatic heterocycles. The predicted molar refractivity (Wildman–Crippen MR) is 146 cm³/mol. The number of nitrogens with zero attached hydrogens (tertiary/aromatic N) is 4. The fourth-order valence-corrected chi connectivity index (χ4v) is 5.74. The standard InChI is InChI=1S/C28H32Cl2N4O3/c1-27(2,3)37-26(35)34-13-12-33(16-28(34,4)5)24-19-15-36-22(14-21(19)31-25(30)32-24)18-10-6-8-17-9-7-11-20(29)23(17)18/h6-11,22H,12-16H2,1-5H3. The van der Waals surface area contributed by atoms with Crippen molar-refractivity contribution in [2.45, 2.75) is 64.9 Å². The van der Waals surface area contributed by atoms with E-state index in [4.69, 9.17) is 32.7 Å². The number of fused-ring (bicyclic) bond motifs is 2. The Labute approximate surface area is 227 Å². The van der Waals surface area contributed by atoms with Crippen molar-refractivity contribution < 1.29 is 14.3 Å². The number of ether oxygens (including phenoxy) is 2. The molecule has 37 heavy (non-hydrogen) atoms. The van der Waals surface area contributed by atoms with Crippen molar-refractivity contribution in [3.63, 3.8) is 0 Å². The summed E-state index contributed by atoms with van der Waals surface area (Å²) in [5.41, 5.74) is 1.84. The van der Waals surface area contributed by atoms with E-state index in [1.807, 2.05) is 52.8 Å². The largest absolute Gasteiger partial charge is 0.444 e. The monoisotopic (exact) mass is 542 g/mol. The van der Waals surface area contributed by atoms with Gasteiger partial charge in [0, 0.05) is 42.0 Å². The van der Waals surface area contributed by atoms with Gasteiger partial charge in [-0.15, -0.1) is 0 Å². The van der Waals surface area contributed by atoms with Crippen molar-refractivity contribution in [3.05, 3.63) is 63.5 Å². The van der Waals surface area contributed by atoms with Gasteiger partial charge in [-0.05, 0) is 63.2 Å². The van der Waals surface area contributed by atoms with Crippen LogP contribution in [0.1, 0.15) is 57.5 Å². The predicted octanol–water partition coefficient (Wildman–Crippen LogP) is 6.59. The van der Waals surface area contributed by atoms with Gasteiger partial charge in [0.1, 0.15) is 11.4 Å². The van der Waals surface area contributed by atoms with Crippen LogP contribution in [0.5, 0.6) is 0 Å². The number of benzene rings is 2. The van der Waals surface area contributed by atoms with E-state index < -0.39 is 11.1 Å². The summed E-state index contributed by atoms with van der Waals surface area (Å²) in [7, 11) is 0. The molecule has 7 nitrogen and oxygen atoms in total. The molecule has 1 fully saturated rings. The molecule has 196 valence electrons. The van der Waals surface area contributed by atoms with Gasteiger partial charge in [-0.2, -0.15) is 0 Å². The van der Waals surface area contributed by atoms with Crippen LogP contribution >= 0.6 is 23.2 Å². The molecule has 2 aliphatic heterocycles. The maximum absolute atomic E-state index is 12.9. The number of rotatable bonds is 2. The number of anilines is 1. The van der Waals surface area contributed by atoms with Crippen molar-refractivity contribution in [1.82, 2.24) is 14.9 Å². The van der Waals surface area contributed by atoms with Crippen LogP contribution in [-0.4, -0.2) is 51.7 Å². The van der Waals surface area contributed by atoms with Gasteiger partial charge >= 0.3 is 6.09 Å². The average Bonchev–Trinajstić information content (AvgIpc) is 2.81. The second-order valence-electron chi connectivity index (χ2n) is 11.3. The van der Waals surface area contributed by atoms with Crippen LogP contribution in [0.2, 0.25) is 10.3 Å². The number of amides is 1. The molecule has 3 aromatic rings. The van der Waals surface area contributed by atoms with Gasteiger partial charge in [0.2, 0.25) is 5.28 Å². The molecule has 0 saturated carbocycles. The molecular formula is C28H32Cl2N4O3. The topological polar surface area (TPSA) is 67.8 Å². The van der Waals surface area contributed by atoms with E-state index in [-0.39, 0.29) is 17.5 Å². The summed E-state index contributed by atoms with van der Waals surface area (Å²) >= 11 is 13.0. The lowest BCUT2D eigenvalue weighted by molar-refractivity contribution is 0.0000245. The fraction of sp³-hybridized carbons (Fsp3) is 0.464. The first-order valence-electron chi connectivity index (χ1n) is 12.5. The number of piperazine rings is 1. The molecule has 0 bridgehead atoms. The minimum absolute atomic E-state index is 0.199. The van der Waals surface area contributed by atoms with Gasteiger partial charge < -0.3 is 14.4 Å². The minimum atomic E-state index is -0.550. The van der Waals surface area contributed by atoms with E-state index >= 15 is 0 Å². The number of hydrogen-bond acceptors (Lipinski definition) is 6. The maximum Gasteiger partial charge on any atom is 0.410 e. The van der Waals surface area contributed by atoms with Crippen molar-refractivity contribution >= 4 is 45.9 Å². The summed E-state index contributed by atoms with van der Waals surface area (Å²) in [6.45, 7) is 11.8. The Morgan fingerprint density at radius 1 is 1.11 bits per heavy atom. The van der Waals surface area contributed by atoms with Crippen LogP contribution in [0.15, 0.2) is 36.4 Å². The molecule has 1 unspecified atom stereocenters. The van der Waals surface area contributed by atoms with Gasteiger partial charge in [-0.3, -0.25) is 4.90 Å². The van der Waals surface area contributed by atoms with Crippen LogP contribution < -0.4 is 4.90 Å². The molecule has 9 heteroatoms. The first-order chi connectivity index (χ1) is 17.4. The Morgan fingerprint density at radius 2 is 1.84 bits per heavy atom. The van der Waals surface area contributed by atoms with Crippen LogP contribution in [0.3, 0.4) is 0 Å². The molecule has 1 atom stereocenters. The highest BCUT2D eigenvalue weighted by Crippen LogP contribution is 2.39. The summed E-state index contributed by atoms with van der Waals surface area (Å²) < 4.78 is 12.0. The maximum atomic E-state index is 12.9. The minimum Gasteiger partial charge on any atom is -0.444 e. The number of halogens is 2. The summed E-state index contributed by atoms with van der Waals surface area (Å²) in [6, 6.07) is 12.0. The average molecular weight is 543 g/mol. The Balaban J connectivity index is 1.42. The Kier molecular flexibility index (Phi) is 6.75. The summed E-state index contributed by atoms with van der Waals surface area (Å²) in [4.78, 5) is 26.0. The van der Waals surface area contributed by atoms with Gasteiger partial charge in [0.25, 0.3) is 0 Å². The summed E-state index contributed by atoms with van der Waals surface area (Å²) in [6.07, 6.45) is 0.0612. The third-order valence-corrected chi connectivity index (χ3v) is 7.38. The number of aromatic nitrogens is 2. The number of carbonyl (C=O) groups is 1. The highest BCUT2D eigenvalue weighted by Gasteiger charge is 2.40. The molecule has 0 aliphatic carbocycles. The van der Waals surface area contributed by atoms with Gasteiger partial charge in [-0.1, -0.05) is 41.9 Å². The van der Waals surface area contributed by atoms with Crippen molar-refractivity contribution in [3.8, 4) is 0 Å². The van der Waals surface area contributed by atoms with E-state index in [0.29, 0.717) is 37.7 Å². The smallest absolute Gasteiger partial charge is 0.410 e. The highest BCUT2D eigenvalue weighted by atomic mass is 35.5. The van der Waals surface area contributed by atoms with E-state index in [1.54, 1.807) is 4.90 Å². The van der Waals surface area contributed by atoms with Crippen LogP contribution in [0, 0.1) is 0 Å². The molecule has 2 aromatic carbocycles. The zero-order chi connectivity index (χ0) is 26.5. The fourth-order valence-electron chi connectivity index (χ4n) is 5.27. The Hall–Kier alpha value is -2.61. The quantitative estimate of drug-likeness (QED) is 0.340. The van der Waals surface area contributed by atoms with Crippen LogP contribution in [-0.2, 0) is 22.5 Å². The molecule has 0 N–H and O–H groups in total. The van der Waals surface area contributed by atoms with E-state index in [9.17, 15) is 4.79 Å². The molecule has 0 spiro atoms. The van der Waals surface area contributed by atoms with Crippen LogP contribution in [0.4, 0.5) is 10.6 Å². The third kappa shape index (κ3) is 5.22. The summed E-state index contributed by atoms with van der Waals surface area (Å²) in [5, 5.41) is 2.98. The lowest BCUT2D eigenvalue weighted by Crippen LogP contribution is -2.62. The lowest BCUT2D eigenvalue weighted by atomic mass is 9.94. The second-order valence-corrected chi connectivity index (χ2v) is 12.0. The number of hydrogen-bond donors (Lipinski definition) is 0. The molecule has 3 heterocycles. The van der Waals surface area contributed by atoms with Gasteiger partial charge in [0.15, 0.2) is 0 Å². The van der Waals surface area contributed by atoms with Crippen molar-refractivity contribution in [1.29, 1.82) is 0 Å². The molecular weight excluding hydrogens is 511 g/mol. The lowest BCUT2D eigenvalue weighted by Gasteiger charge is -2.47. The normalized spacial score (nSPS) is 19.6. The Morgan fingerprint density at radius 3 is 2.54 bits per heavy atom. The molecule has 0 radical (unpaired) electrons. The first kappa shape index (κ1) is 26.0. The Bertz CT molecular complexity index is 1350. The molecule has 2 aliphatic rings. The second kappa shape index (κ2) is 9.61. The molecule has 1 saturated heterocycles. The van der Waals surface area contributed by atoms with Crippen molar-refractivity contribution in [2.24, 2.45) is 0 Å². The van der Waals surface area contributed by atoms with E-state index in [0.717, 1.165) is 33.4 Å². The number of carbonyl (C=O) groups excluding carboxylic acids is 1. The van der Waals surface area contributed by atoms with E-state index in [1.165, 1.54) is 0 Å². The van der Waals surface area contributed by atoms with E-state index in [2.05, 4.69) is 33.1 Å². The first-order valence-corrected chi connectivity index (χ1v) is 13.3. The third-order valence-electron chi connectivity index (χ3n) is 6.90. The SMILES string of the molecule is CC(C)(C)OC(=O)N1CCN(c2nc(Cl)nc3c2COC(c2cccc4cccc(Cl)c24)C3)CC1(C)C. The molecule has 5 rings (SSSR count). The van der Waals surface area contributed by atoms with Crippen LogP contribution in [0.25, 0.3) is 10.8 Å². The van der Waals surface area contributed by atoms with Gasteiger partial charge in [0.05, 0.1) is 23.9 Å². The van der Waals surface area contributed by atoms with Gasteiger partial charge in [-0.25, -0.2) is 14.8 Å². The zero-order valence-electron chi connectivity index (χ0n) is 21.8. The summed E-state index contributed by atoms with van der Waals surface area (Å²) in [5.74, 6) is 0.765.